The number of anilines is 1. The van der Waals surface area contributed by atoms with Crippen LogP contribution < -0.4 is 4.90 Å². The monoisotopic (exact) mass is 409 g/mol. The predicted molar refractivity (Wildman–Crippen MR) is 124 cm³/mol. The van der Waals surface area contributed by atoms with Crippen LogP contribution in [0.4, 0.5) is 5.69 Å². The number of nitrogens with zero attached hydrogens (tertiary/aromatic N) is 3. The quantitative estimate of drug-likeness (QED) is 0.433. The van der Waals surface area contributed by atoms with E-state index in [0.29, 0.717) is 6.04 Å². The van der Waals surface area contributed by atoms with E-state index in [4.69, 9.17) is 16.6 Å². The highest BCUT2D eigenvalue weighted by Gasteiger charge is 2.27. The average Bonchev–Trinajstić information content (AvgIpc) is 3.02. The summed E-state index contributed by atoms with van der Waals surface area (Å²) in [6, 6.07) is 9.12. The highest BCUT2D eigenvalue weighted by Crippen LogP contribution is 2.38. The van der Waals surface area contributed by atoms with Gasteiger partial charge in [0, 0.05) is 41.4 Å². The highest BCUT2D eigenvalue weighted by atomic mass is 35.5. The molecule has 0 fully saturated rings. The topological polar surface area (TPSA) is 21.1 Å². The van der Waals surface area contributed by atoms with Crippen molar-refractivity contribution in [3.8, 4) is 0 Å². The van der Waals surface area contributed by atoms with E-state index in [9.17, 15) is 0 Å². The van der Waals surface area contributed by atoms with Crippen LogP contribution in [-0.4, -0.2) is 22.1 Å². The van der Waals surface area contributed by atoms with Gasteiger partial charge in [-0.1, -0.05) is 44.4 Å². The molecule has 3 nitrogen and oxygen atoms in total. The third-order valence-corrected chi connectivity index (χ3v) is 6.51. The van der Waals surface area contributed by atoms with Crippen molar-refractivity contribution in [1.82, 2.24) is 9.55 Å². The largest absolute Gasteiger partial charge is 0.368 e. The molecule has 0 radical (unpaired) electrons. The Kier molecular flexibility index (Phi) is 5.87. The fraction of sp³-hybridized carbons (Fsp3) is 0.480. The van der Waals surface area contributed by atoms with E-state index >= 15 is 0 Å². The molecule has 0 amide bonds. The van der Waals surface area contributed by atoms with E-state index < -0.39 is 0 Å². The summed E-state index contributed by atoms with van der Waals surface area (Å²) in [5, 5.41) is 2.16. The maximum Gasteiger partial charge on any atom is 0.142 e. The second-order valence-electron chi connectivity index (χ2n) is 8.51. The van der Waals surface area contributed by atoms with Crippen LogP contribution >= 0.6 is 11.6 Å². The summed E-state index contributed by atoms with van der Waals surface area (Å²) < 4.78 is 2.34. The first kappa shape index (κ1) is 20.3. The van der Waals surface area contributed by atoms with Crippen LogP contribution in [-0.2, 0) is 13.0 Å². The molecule has 4 heteroatoms. The van der Waals surface area contributed by atoms with Crippen molar-refractivity contribution in [2.75, 3.05) is 11.4 Å². The second kappa shape index (κ2) is 8.39. The summed E-state index contributed by atoms with van der Waals surface area (Å²) in [5.74, 6) is 0. The van der Waals surface area contributed by atoms with E-state index in [2.05, 4.69) is 55.5 Å². The SMILES string of the molecule is CCCC(CCC)N1CCc2cn(Cc3ccc(Cl)cc3C)c3nc(C)cc1c23. The van der Waals surface area contributed by atoms with Gasteiger partial charge in [-0.05, 0) is 68.0 Å². The molecule has 29 heavy (non-hydrogen) atoms. The van der Waals surface area contributed by atoms with Crippen LogP contribution in [0.2, 0.25) is 5.02 Å². The molecule has 4 rings (SSSR count). The van der Waals surface area contributed by atoms with E-state index in [-0.39, 0.29) is 0 Å². The zero-order valence-electron chi connectivity index (χ0n) is 18.1. The minimum atomic E-state index is 0.630. The Hall–Kier alpha value is -2.00. The Labute approximate surface area is 179 Å². The molecular weight excluding hydrogens is 378 g/mol. The van der Waals surface area contributed by atoms with Crippen molar-refractivity contribution in [3.05, 3.63) is 57.9 Å². The first-order valence-electron chi connectivity index (χ1n) is 11.0. The molecular formula is C25H32ClN3. The van der Waals surface area contributed by atoms with Crippen molar-refractivity contribution in [2.24, 2.45) is 0 Å². The van der Waals surface area contributed by atoms with E-state index in [0.717, 1.165) is 35.9 Å². The van der Waals surface area contributed by atoms with Crippen molar-refractivity contribution in [2.45, 2.75) is 72.4 Å². The number of benzene rings is 1. The van der Waals surface area contributed by atoms with Crippen LogP contribution in [0.1, 0.15) is 61.9 Å². The molecule has 0 spiro atoms. The van der Waals surface area contributed by atoms with E-state index in [1.807, 2.05) is 12.1 Å². The summed E-state index contributed by atoms with van der Waals surface area (Å²) >= 11 is 6.16. The molecule has 1 aliphatic rings. The number of halogens is 1. The van der Waals surface area contributed by atoms with Crippen LogP contribution in [0.3, 0.4) is 0 Å². The average molecular weight is 410 g/mol. The highest BCUT2D eigenvalue weighted by molar-refractivity contribution is 6.30. The lowest BCUT2D eigenvalue weighted by Gasteiger charge is -2.37. The van der Waals surface area contributed by atoms with Gasteiger partial charge in [0.1, 0.15) is 5.65 Å². The van der Waals surface area contributed by atoms with Gasteiger partial charge in [-0.2, -0.15) is 0 Å². The zero-order valence-corrected chi connectivity index (χ0v) is 18.9. The van der Waals surface area contributed by atoms with Crippen molar-refractivity contribution in [3.63, 3.8) is 0 Å². The molecule has 0 bridgehead atoms. The minimum Gasteiger partial charge on any atom is -0.368 e. The molecule has 1 aromatic carbocycles. The first-order valence-corrected chi connectivity index (χ1v) is 11.4. The van der Waals surface area contributed by atoms with Gasteiger partial charge >= 0.3 is 0 Å². The van der Waals surface area contributed by atoms with Gasteiger partial charge in [0.2, 0.25) is 0 Å². The summed E-state index contributed by atoms with van der Waals surface area (Å²) in [4.78, 5) is 7.65. The standard InChI is InChI=1S/C25H32ClN3/c1-5-7-22(8-6-2)29-12-11-20-16-28(15-19-9-10-21(26)13-17(19)3)25-24(20)23(29)14-18(4)27-25/h9-10,13-14,16,22H,5-8,11-12,15H2,1-4H3. The molecule has 0 saturated heterocycles. The molecule has 1 aliphatic heterocycles. The summed E-state index contributed by atoms with van der Waals surface area (Å²) in [5.41, 5.74) is 7.60. The third kappa shape index (κ3) is 3.90. The second-order valence-corrected chi connectivity index (χ2v) is 8.95. The van der Waals surface area contributed by atoms with Crippen molar-refractivity contribution < 1.29 is 0 Å². The van der Waals surface area contributed by atoms with Crippen LogP contribution in [0.25, 0.3) is 11.0 Å². The molecule has 0 aliphatic carbocycles. The van der Waals surface area contributed by atoms with Gasteiger partial charge in [-0.25, -0.2) is 4.98 Å². The lowest BCUT2D eigenvalue weighted by molar-refractivity contribution is 0.502. The lowest BCUT2D eigenvalue weighted by atomic mass is 9.98. The Morgan fingerprint density at radius 1 is 1.10 bits per heavy atom. The Morgan fingerprint density at radius 3 is 2.55 bits per heavy atom. The molecule has 0 saturated carbocycles. The van der Waals surface area contributed by atoms with Gasteiger partial charge in [0.15, 0.2) is 0 Å². The molecule has 3 heterocycles. The first-order chi connectivity index (χ1) is 14.0. The van der Waals surface area contributed by atoms with E-state index in [1.54, 1.807) is 0 Å². The molecule has 3 aromatic rings. The predicted octanol–water partition coefficient (Wildman–Crippen LogP) is 6.69. The van der Waals surface area contributed by atoms with Gasteiger partial charge in [-0.3, -0.25) is 0 Å². The summed E-state index contributed by atoms with van der Waals surface area (Å²) in [6.07, 6.45) is 8.43. The third-order valence-electron chi connectivity index (χ3n) is 6.27. The number of hydrogen-bond acceptors (Lipinski definition) is 2. The van der Waals surface area contributed by atoms with E-state index in [1.165, 1.54) is 53.4 Å². The number of hydrogen-bond donors (Lipinski definition) is 0. The van der Waals surface area contributed by atoms with Gasteiger partial charge < -0.3 is 9.47 Å². The van der Waals surface area contributed by atoms with Crippen LogP contribution in [0.15, 0.2) is 30.5 Å². The summed E-state index contributed by atoms with van der Waals surface area (Å²) in [7, 11) is 0. The van der Waals surface area contributed by atoms with Crippen LogP contribution in [0, 0.1) is 13.8 Å². The minimum absolute atomic E-state index is 0.630. The maximum absolute atomic E-state index is 6.16. The fourth-order valence-electron chi connectivity index (χ4n) is 4.89. The molecule has 154 valence electrons. The Balaban J connectivity index is 1.79. The molecule has 0 unspecified atom stereocenters. The zero-order chi connectivity index (χ0) is 20.5. The normalized spacial score (nSPS) is 13.7. The van der Waals surface area contributed by atoms with Gasteiger partial charge in [0.05, 0.1) is 5.69 Å². The fourth-order valence-corrected chi connectivity index (χ4v) is 5.12. The number of aryl methyl sites for hydroxylation is 2. The van der Waals surface area contributed by atoms with Gasteiger partial charge in [-0.15, -0.1) is 0 Å². The molecule has 0 atom stereocenters. The summed E-state index contributed by atoms with van der Waals surface area (Å²) in [6.45, 7) is 10.8. The maximum atomic E-state index is 6.16. The van der Waals surface area contributed by atoms with Crippen LogP contribution in [0.5, 0.6) is 0 Å². The molecule has 0 N–H and O–H groups in total. The van der Waals surface area contributed by atoms with Gasteiger partial charge in [0.25, 0.3) is 0 Å². The number of aromatic nitrogens is 2. The van der Waals surface area contributed by atoms with Crippen molar-refractivity contribution >= 4 is 28.3 Å². The number of pyridine rings is 1. The Morgan fingerprint density at radius 2 is 1.86 bits per heavy atom. The van der Waals surface area contributed by atoms with Crippen molar-refractivity contribution in [1.29, 1.82) is 0 Å². The smallest absolute Gasteiger partial charge is 0.142 e. The molecule has 2 aromatic heterocycles. The number of rotatable bonds is 7. The Bertz CT molecular complexity index is 1010. The lowest BCUT2D eigenvalue weighted by Crippen LogP contribution is -2.38.